The lowest BCUT2D eigenvalue weighted by molar-refractivity contribution is -0.143. The number of amides is 2. The van der Waals surface area contributed by atoms with Crippen LogP contribution in [0.25, 0.3) is 0 Å². The predicted molar refractivity (Wildman–Crippen MR) is 58.7 cm³/mol. The summed E-state index contributed by atoms with van der Waals surface area (Å²) in [5, 5.41) is 2.57. The van der Waals surface area contributed by atoms with Gasteiger partial charge in [-0.2, -0.15) is 13.2 Å². The number of rotatable bonds is 5. The summed E-state index contributed by atoms with van der Waals surface area (Å²) in [7, 11) is 0. The molecule has 4 nitrogen and oxygen atoms in total. The maximum absolute atomic E-state index is 12.1. The largest absolute Gasteiger partial charge is 0.390 e. The molecule has 0 aliphatic carbocycles. The Hall–Kier alpha value is -1.11. The Balaban J connectivity index is 2.54. The standard InChI is InChI=1S/C11H17F3N2O2/c1-3-4-16-9(17)5-8(10(16)18)15-7(2)6-11(12,13)14/h7-8,15H,3-6H2,1-2H3. The minimum absolute atomic E-state index is 0.0545. The molecule has 1 aliphatic rings. The SMILES string of the molecule is CCCN1C(=O)CC(NC(C)CC(F)(F)F)C1=O. The van der Waals surface area contributed by atoms with Gasteiger partial charge in [0.2, 0.25) is 11.8 Å². The zero-order chi connectivity index (χ0) is 13.9. The fourth-order valence-corrected chi connectivity index (χ4v) is 2.02. The Bertz CT molecular complexity index is 331. The molecular formula is C11H17F3N2O2. The molecule has 1 aliphatic heterocycles. The number of halogens is 3. The van der Waals surface area contributed by atoms with Crippen LogP contribution in [-0.2, 0) is 9.59 Å². The smallest absolute Gasteiger partial charge is 0.303 e. The minimum Gasteiger partial charge on any atom is -0.303 e. The second kappa shape index (κ2) is 5.69. The van der Waals surface area contributed by atoms with Crippen molar-refractivity contribution in [2.75, 3.05) is 6.54 Å². The van der Waals surface area contributed by atoms with Gasteiger partial charge < -0.3 is 5.32 Å². The summed E-state index contributed by atoms with van der Waals surface area (Å²) >= 11 is 0. The lowest BCUT2D eigenvalue weighted by Crippen LogP contribution is -2.44. The van der Waals surface area contributed by atoms with Crippen molar-refractivity contribution in [2.45, 2.75) is 51.4 Å². The van der Waals surface area contributed by atoms with E-state index in [1.165, 1.54) is 6.92 Å². The third-order valence-corrected chi connectivity index (χ3v) is 2.71. The molecule has 0 radical (unpaired) electrons. The number of alkyl halides is 3. The van der Waals surface area contributed by atoms with Crippen LogP contribution in [0, 0.1) is 0 Å². The van der Waals surface area contributed by atoms with Crippen LogP contribution in [0.15, 0.2) is 0 Å². The van der Waals surface area contributed by atoms with Crippen molar-refractivity contribution in [3.63, 3.8) is 0 Å². The van der Waals surface area contributed by atoms with E-state index in [0.717, 1.165) is 4.90 Å². The van der Waals surface area contributed by atoms with E-state index >= 15 is 0 Å². The Morgan fingerprint density at radius 3 is 2.56 bits per heavy atom. The molecule has 0 aromatic rings. The van der Waals surface area contributed by atoms with Crippen molar-refractivity contribution < 1.29 is 22.8 Å². The highest BCUT2D eigenvalue weighted by Gasteiger charge is 2.39. The lowest BCUT2D eigenvalue weighted by Gasteiger charge is -2.19. The summed E-state index contributed by atoms with van der Waals surface area (Å²) in [6.45, 7) is 3.50. The third kappa shape index (κ3) is 3.97. The molecule has 1 N–H and O–H groups in total. The second-order valence-electron chi connectivity index (χ2n) is 4.53. The molecular weight excluding hydrogens is 249 g/mol. The quantitative estimate of drug-likeness (QED) is 0.766. The van der Waals surface area contributed by atoms with Crippen LogP contribution in [-0.4, -0.2) is 41.5 Å². The first-order chi connectivity index (χ1) is 8.24. The van der Waals surface area contributed by atoms with Gasteiger partial charge in [-0.25, -0.2) is 0 Å². The van der Waals surface area contributed by atoms with Crippen LogP contribution in [0.3, 0.4) is 0 Å². The van der Waals surface area contributed by atoms with E-state index in [0.29, 0.717) is 13.0 Å². The molecule has 0 spiro atoms. The molecule has 7 heteroatoms. The van der Waals surface area contributed by atoms with Gasteiger partial charge in [0.05, 0.1) is 18.9 Å². The fourth-order valence-electron chi connectivity index (χ4n) is 2.02. The van der Waals surface area contributed by atoms with Crippen LogP contribution in [0.4, 0.5) is 13.2 Å². The van der Waals surface area contributed by atoms with Gasteiger partial charge in [0.1, 0.15) is 0 Å². The molecule has 1 saturated heterocycles. The Kier molecular flexibility index (Phi) is 4.72. The Labute approximate surface area is 104 Å². The van der Waals surface area contributed by atoms with E-state index in [4.69, 9.17) is 0 Å². The van der Waals surface area contributed by atoms with E-state index in [1.54, 1.807) is 0 Å². The third-order valence-electron chi connectivity index (χ3n) is 2.71. The van der Waals surface area contributed by atoms with Crippen molar-refractivity contribution >= 4 is 11.8 Å². The summed E-state index contributed by atoms with van der Waals surface area (Å²) in [6, 6.07) is -1.70. The number of carbonyl (C=O) groups is 2. The van der Waals surface area contributed by atoms with Crippen LogP contribution in [0.5, 0.6) is 0 Å². The van der Waals surface area contributed by atoms with E-state index in [-0.39, 0.29) is 12.3 Å². The number of hydrogen-bond acceptors (Lipinski definition) is 3. The van der Waals surface area contributed by atoms with E-state index < -0.39 is 30.6 Å². The van der Waals surface area contributed by atoms with E-state index in [2.05, 4.69) is 5.32 Å². The maximum Gasteiger partial charge on any atom is 0.390 e. The zero-order valence-electron chi connectivity index (χ0n) is 10.4. The topological polar surface area (TPSA) is 49.4 Å². The summed E-state index contributed by atoms with van der Waals surface area (Å²) in [4.78, 5) is 24.4. The van der Waals surface area contributed by atoms with Gasteiger partial charge in [-0.15, -0.1) is 0 Å². The Morgan fingerprint density at radius 2 is 2.06 bits per heavy atom. The van der Waals surface area contributed by atoms with Gasteiger partial charge >= 0.3 is 6.18 Å². The molecule has 0 saturated carbocycles. The van der Waals surface area contributed by atoms with Crippen LogP contribution in [0.2, 0.25) is 0 Å². The van der Waals surface area contributed by atoms with Gasteiger partial charge in [-0.1, -0.05) is 6.92 Å². The first-order valence-corrected chi connectivity index (χ1v) is 5.91. The number of nitrogens with one attached hydrogen (secondary N) is 1. The number of nitrogens with zero attached hydrogens (tertiary/aromatic N) is 1. The summed E-state index contributed by atoms with van der Waals surface area (Å²) in [5.41, 5.74) is 0. The molecule has 0 aromatic carbocycles. The molecule has 2 atom stereocenters. The highest BCUT2D eigenvalue weighted by Crippen LogP contribution is 2.22. The number of imide groups is 1. The van der Waals surface area contributed by atoms with Crippen molar-refractivity contribution in [3.05, 3.63) is 0 Å². The van der Waals surface area contributed by atoms with Crippen molar-refractivity contribution in [1.82, 2.24) is 10.2 Å². The lowest BCUT2D eigenvalue weighted by atomic mass is 10.1. The predicted octanol–water partition coefficient (Wildman–Crippen LogP) is 1.45. The maximum atomic E-state index is 12.1. The fraction of sp³-hybridized carbons (Fsp3) is 0.818. The first-order valence-electron chi connectivity index (χ1n) is 5.91. The molecule has 1 rings (SSSR count). The number of carbonyl (C=O) groups excluding carboxylic acids is 2. The minimum atomic E-state index is -4.28. The highest BCUT2D eigenvalue weighted by molar-refractivity contribution is 6.05. The van der Waals surface area contributed by atoms with Gasteiger partial charge in [-0.3, -0.25) is 14.5 Å². The molecule has 1 fully saturated rings. The number of hydrogen-bond donors (Lipinski definition) is 1. The normalized spacial score (nSPS) is 22.7. The van der Waals surface area contributed by atoms with E-state index in [1.807, 2.05) is 6.92 Å². The van der Waals surface area contributed by atoms with E-state index in [9.17, 15) is 22.8 Å². The monoisotopic (exact) mass is 266 g/mol. The van der Waals surface area contributed by atoms with Crippen LogP contribution in [0.1, 0.15) is 33.1 Å². The summed E-state index contributed by atoms with van der Waals surface area (Å²) < 4.78 is 36.4. The van der Waals surface area contributed by atoms with Gasteiger partial charge in [0.25, 0.3) is 0 Å². The molecule has 104 valence electrons. The van der Waals surface area contributed by atoms with Crippen LogP contribution >= 0.6 is 0 Å². The van der Waals surface area contributed by atoms with Gasteiger partial charge in [-0.05, 0) is 13.3 Å². The molecule has 0 aromatic heterocycles. The highest BCUT2D eigenvalue weighted by atomic mass is 19.4. The molecule has 18 heavy (non-hydrogen) atoms. The van der Waals surface area contributed by atoms with Crippen molar-refractivity contribution in [2.24, 2.45) is 0 Å². The zero-order valence-corrected chi connectivity index (χ0v) is 10.4. The average Bonchev–Trinajstić information content (AvgIpc) is 2.43. The summed E-state index contributed by atoms with van der Waals surface area (Å²) in [5.74, 6) is -0.741. The number of likely N-dealkylation sites (tertiary alicyclic amines) is 1. The average molecular weight is 266 g/mol. The van der Waals surface area contributed by atoms with Gasteiger partial charge in [0, 0.05) is 12.6 Å². The molecule has 1 heterocycles. The molecule has 2 amide bonds. The second-order valence-corrected chi connectivity index (χ2v) is 4.53. The molecule has 2 unspecified atom stereocenters. The summed E-state index contributed by atoms with van der Waals surface area (Å²) in [6.07, 6.45) is -4.71. The van der Waals surface area contributed by atoms with Crippen molar-refractivity contribution in [3.8, 4) is 0 Å². The first kappa shape index (κ1) is 14.9. The molecule has 0 bridgehead atoms. The Morgan fingerprint density at radius 1 is 1.44 bits per heavy atom. The van der Waals surface area contributed by atoms with Gasteiger partial charge in [0.15, 0.2) is 0 Å². The van der Waals surface area contributed by atoms with Crippen molar-refractivity contribution in [1.29, 1.82) is 0 Å². The van der Waals surface area contributed by atoms with Crippen LogP contribution < -0.4 is 5.32 Å².